The van der Waals surface area contributed by atoms with Crippen LogP contribution in [0.1, 0.15) is 96.9 Å². The summed E-state index contributed by atoms with van der Waals surface area (Å²) in [5.41, 5.74) is 8.83. The maximum Gasteiger partial charge on any atom is 0.132 e. The molecule has 1 aliphatic heterocycles. The second-order valence-electron chi connectivity index (χ2n) is 16.5. The van der Waals surface area contributed by atoms with E-state index >= 15 is 0 Å². The smallest absolute Gasteiger partial charge is 0.132 e. The zero-order valence-corrected chi connectivity index (χ0v) is 36.5. The van der Waals surface area contributed by atoms with Gasteiger partial charge in [0.1, 0.15) is 36.2 Å². The average molecular weight is 823 g/mol. The molecule has 5 nitrogen and oxygen atoms in total. The van der Waals surface area contributed by atoms with Gasteiger partial charge in [0, 0.05) is 11.1 Å². The first-order chi connectivity index (χ1) is 30.4. The third kappa shape index (κ3) is 9.21. The summed E-state index contributed by atoms with van der Waals surface area (Å²) in [6, 6.07) is 47.3. The van der Waals surface area contributed by atoms with Gasteiger partial charge in [-0.2, -0.15) is 0 Å². The molecule has 7 aromatic carbocycles. The van der Waals surface area contributed by atoms with Gasteiger partial charge >= 0.3 is 0 Å². The third-order valence-corrected chi connectivity index (χ3v) is 12.3. The number of ether oxygens (including phenoxy) is 5. The third-order valence-electron chi connectivity index (χ3n) is 12.3. The van der Waals surface area contributed by atoms with Crippen molar-refractivity contribution >= 4 is 33.7 Å². The molecule has 0 unspecified atom stereocenters. The van der Waals surface area contributed by atoms with Crippen LogP contribution in [0.5, 0.6) is 23.0 Å². The first kappa shape index (κ1) is 42.5. The highest BCUT2D eigenvalue weighted by Crippen LogP contribution is 2.56. The van der Waals surface area contributed by atoms with E-state index in [4.69, 9.17) is 23.7 Å². The lowest BCUT2D eigenvalue weighted by molar-refractivity contribution is 0.0889. The first-order valence-electron chi connectivity index (χ1n) is 22.2. The minimum Gasteiger partial charge on any atom is -0.491 e. The summed E-state index contributed by atoms with van der Waals surface area (Å²) in [6.45, 7) is 17.6. The monoisotopic (exact) mass is 822 g/mol. The van der Waals surface area contributed by atoms with E-state index in [1.54, 1.807) is 0 Å². The molecule has 0 aromatic heterocycles. The highest BCUT2D eigenvalue weighted by Gasteiger charge is 2.42. The normalized spacial score (nSPS) is 12.8. The molecule has 0 bridgehead atoms. The number of rotatable bonds is 20. The minimum atomic E-state index is -0.550. The Morgan fingerprint density at radius 1 is 0.548 bits per heavy atom. The van der Waals surface area contributed by atoms with Crippen LogP contribution in [-0.4, -0.2) is 26.4 Å². The zero-order valence-electron chi connectivity index (χ0n) is 36.5. The van der Waals surface area contributed by atoms with Gasteiger partial charge in [-0.25, -0.2) is 0 Å². The molecular weight excluding hydrogens is 765 g/mol. The van der Waals surface area contributed by atoms with Gasteiger partial charge in [0.2, 0.25) is 0 Å². The first-order valence-corrected chi connectivity index (χ1v) is 22.2. The van der Waals surface area contributed by atoms with E-state index in [9.17, 15) is 0 Å². The van der Waals surface area contributed by atoms with Gasteiger partial charge in [0.05, 0.1) is 31.8 Å². The highest BCUT2D eigenvalue weighted by atomic mass is 16.5. The molecule has 0 N–H and O–H groups in total. The molecule has 0 fully saturated rings. The molecule has 316 valence electrons. The molecule has 0 atom stereocenters. The van der Waals surface area contributed by atoms with Crippen LogP contribution in [0.25, 0.3) is 33.7 Å². The van der Waals surface area contributed by atoms with Crippen LogP contribution < -0.4 is 14.2 Å². The van der Waals surface area contributed by atoms with E-state index in [0.717, 1.165) is 77.9 Å². The Bertz CT molecular complexity index is 2470. The van der Waals surface area contributed by atoms with E-state index in [1.807, 2.05) is 12.2 Å². The zero-order chi connectivity index (χ0) is 42.9. The fourth-order valence-electron chi connectivity index (χ4n) is 9.07. The summed E-state index contributed by atoms with van der Waals surface area (Å²) in [4.78, 5) is 0. The van der Waals surface area contributed by atoms with Crippen molar-refractivity contribution in [3.8, 4) is 23.0 Å². The van der Waals surface area contributed by atoms with Gasteiger partial charge in [-0.15, -0.1) is 0 Å². The fourth-order valence-corrected chi connectivity index (χ4v) is 9.07. The molecule has 0 aliphatic carbocycles. The quantitative estimate of drug-likeness (QED) is 0.0717. The molecule has 8 rings (SSSR count). The summed E-state index contributed by atoms with van der Waals surface area (Å²) in [5, 5.41) is 4.46. The van der Waals surface area contributed by atoms with E-state index in [1.165, 1.54) is 36.8 Å². The van der Waals surface area contributed by atoms with Crippen molar-refractivity contribution in [2.75, 3.05) is 26.4 Å². The molecule has 0 saturated heterocycles. The second-order valence-corrected chi connectivity index (χ2v) is 16.5. The van der Waals surface area contributed by atoms with E-state index < -0.39 is 5.41 Å². The number of hydrogen-bond acceptors (Lipinski definition) is 5. The number of hydrogen-bond donors (Lipinski definition) is 0. The van der Waals surface area contributed by atoms with Gasteiger partial charge in [-0.05, 0) is 117 Å². The molecule has 7 aromatic rings. The summed E-state index contributed by atoms with van der Waals surface area (Å²) < 4.78 is 31.3. The van der Waals surface area contributed by atoms with Gasteiger partial charge < -0.3 is 23.7 Å². The summed E-state index contributed by atoms with van der Waals surface area (Å²) >= 11 is 0. The Hall–Kier alpha value is -6.14. The largest absolute Gasteiger partial charge is 0.491 e. The van der Waals surface area contributed by atoms with E-state index in [0.29, 0.717) is 45.6 Å². The molecule has 1 heterocycles. The summed E-state index contributed by atoms with van der Waals surface area (Å²) in [7, 11) is 0. The Morgan fingerprint density at radius 3 is 1.45 bits per heavy atom. The van der Waals surface area contributed by atoms with Crippen molar-refractivity contribution in [1.82, 2.24) is 0 Å². The Labute approximate surface area is 367 Å². The fraction of sp³-hybridized carbons (Fsp3) is 0.263. The van der Waals surface area contributed by atoms with Crippen molar-refractivity contribution in [3.63, 3.8) is 0 Å². The van der Waals surface area contributed by atoms with Crippen molar-refractivity contribution < 1.29 is 23.7 Å². The maximum absolute atomic E-state index is 6.87. The molecular formula is C57H58O5. The van der Waals surface area contributed by atoms with Crippen molar-refractivity contribution in [2.24, 2.45) is 0 Å². The van der Waals surface area contributed by atoms with Crippen LogP contribution in [0, 0.1) is 0 Å². The van der Waals surface area contributed by atoms with Gasteiger partial charge in [0.25, 0.3) is 0 Å². The second kappa shape index (κ2) is 19.7. The Morgan fingerprint density at radius 2 is 1.02 bits per heavy atom. The van der Waals surface area contributed by atoms with Crippen LogP contribution in [-0.2, 0) is 28.1 Å². The molecule has 1 aliphatic rings. The lowest BCUT2D eigenvalue weighted by atomic mass is 9.66. The lowest BCUT2D eigenvalue weighted by Gasteiger charge is -2.40. The maximum atomic E-state index is 6.87. The van der Waals surface area contributed by atoms with Crippen LogP contribution >= 0.6 is 0 Å². The predicted molar refractivity (Wildman–Crippen MR) is 256 cm³/mol. The minimum absolute atomic E-state index is 0.453. The molecule has 0 radical (unpaired) electrons. The highest BCUT2D eigenvalue weighted by molar-refractivity contribution is 5.97. The van der Waals surface area contributed by atoms with Crippen molar-refractivity contribution in [3.05, 3.63) is 191 Å². The molecule has 5 heteroatoms. The van der Waals surface area contributed by atoms with E-state index in [2.05, 4.69) is 167 Å². The molecule has 0 saturated carbocycles. The average Bonchev–Trinajstić information content (AvgIpc) is 3.31. The Balaban J connectivity index is 1.07. The van der Waals surface area contributed by atoms with Crippen LogP contribution in [0.15, 0.2) is 147 Å². The predicted octanol–water partition coefficient (Wildman–Crippen LogP) is 14.6. The number of benzene rings is 7. The molecule has 62 heavy (non-hydrogen) atoms. The van der Waals surface area contributed by atoms with Gasteiger partial charge in [0.15, 0.2) is 0 Å². The van der Waals surface area contributed by atoms with Crippen LogP contribution in [0.3, 0.4) is 0 Å². The number of fused-ring (bicyclic) bond motifs is 6. The molecule has 0 spiro atoms. The van der Waals surface area contributed by atoms with Crippen LogP contribution in [0.4, 0.5) is 0 Å². The standard InChI is InChI=1S/C57H58O5/c1-6-10-44(11-7-2)45-20-24-48(25-21-45)57(5)55-51-28-26-49(60-34-32-58-38-42-16-12-40(8-3)13-17-42)36-46(51)22-30-53(55)62-54-31-23-47-37-50(27-29-52(47)56(54)57)61-35-33-59-39-43-18-14-41(9-4)15-19-43/h8-9,12-31,36-37,44H,3-4,6-7,10-11,32-35,38-39H2,1-2,5H3. The van der Waals surface area contributed by atoms with E-state index in [-0.39, 0.29) is 0 Å². The molecule has 0 amide bonds. The van der Waals surface area contributed by atoms with Gasteiger partial charge in [-0.1, -0.05) is 149 Å². The summed E-state index contributed by atoms with van der Waals surface area (Å²) in [5.74, 6) is 3.91. The van der Waals surface area contributed by atoms with Crippen molar-refractivity contribution in [1.29, 1.82) is 0 Å². The van der Waals surface area contributed by atoms with Crippen LogP contribution in [0.2, 0.25) is 0 Å². The summed E-state index contributed by atoms with van der Waals surface area (Å²) in [6.07, 6.45) is 8.43. The lowest BCUT2D eigenvalue weighted by Crippen LogP contribution is -2.30. The SMILES string of the molecule is C=Cc1ccc(COCCOc2ccc3c4c(ccc3c2)Oc2ccc3cc(OCCOCc5ccc(C=C)cc5)ccc3c2C4(C)c2ccc(C(CCC)CCC)cc2)cc1. The van der Waals surface area contributed by atoms with Crippen molar-refractivity contribution in [2.45, 2.75) is 71.0 Å². The topological polar surface area (TPSA) is 46.2 Å². The van der Waals surface area contributed by atoms with Gasteiger partial charge in [-0.3, -0.25) is 0 Å². The Kier molecular flexibility index (Phi) is 13.5.